The van der Waals surface area contributed by atoms with Gasteiger partial charge in [0, 0.05) is 17.8 Å². The molecule has 4 heteroatoms. The molecule has 0 amide bonds. The number of nitrogens with two attached hydrogens (primary N) is 1. The van der Waals surface area contributed by atoms with Crippen LogP contribution in [-0.4, -0.2) is 11.2 Å². The molecule has 0 fully saturated rings. The summed E-state index contributed by atoms with van der Waals surface area (Å²) < 4.78 is 18.0. The van der Waals surface area contributed by atoms with Crippen molar-refractivity contribution < 1.29 is 8.91 Å². The van der Waals surface area contributed by atoms with Gasteiger partial charge in [0.25, 0.3) is 0 Å². The third-order valence-electron chi connectivity index (χ3n) is 2.02. The summed E-state index contributed by atoms with van der Waals surface area (Å²) in [6.45, 7) is 1.87. The van der Waals surface area contributed by atoms with Crippen LogP contribution < -0.4 is 5.73 Å². The summed E-state index contributed by atoms with van der Waals surface area (Å²) in [7, 11) is 0. The highest BCUT2D eigenvalue weighted by molar-refractivity contribution is 5.79. The minimum Gasteiger partial charge on any atom is -0.356 e. The smallest absolute Gasteiger partial charge is 0.167 e. The zero-order chi connectivity index (χ0) is 10.1. The van der Waals surface area contributed by atoms with Crippen LogP contribution in [0.15, 0.2) is 22.7 Å². The van der Waals surface area contributed by atoms with Crippen molar-refractivity contribution in [3.8, 4) is 0 Å². The molecule has 0 saturated heterocycles. The van der Waals surface area contributed by atoms with Gasteiger partial charge in [-0.2, -0.15) is 0 Å². The second-order valence-electron chi connectivity index (χ2n) is 3.45. The maximum atomic E-state index is 12.9. The molecule has 0 bridgehead atoms. The monoisotopic (exact) mass is 194 g/mol. The predicted octanol–water partition coefficient (Wildman–Crippen LogP) is 1.86. The van der Waals surface area contributed by atoms with Crippen LogP contribution in [0.4, 0.5) is 4.39 Å². The SMILES string of the molecule is CC(N)Cc1noc2ccc(F)cc12. The van der Waals surface area contributed by atoms with Gasteiger partial charge in [-0.1, -0.05) is 5.16 Å². The Morgan fingerprint density at radius 1 is 1.57 bits per heavy atom. The van der Waals surface area contributed by atoms with Gasteiger partial charge in [-0.05, 0) is 25.1 Å². The maximum Gasteiger partial charge on any atom is 0.167 e. The lowest BCUT2D eigenvalue weighted by Gasteiger charge is -1.99. The van der Waals surface area contributed by atoms with Crippen LogP contribution in [0.25, 0.3) is 11.0 Å². The highest BCUT2D eigenvalue weighted by Crippen LogP contribution is 2.20. The van der Waals surface area contributed by atoms with E-state index in [1.807, 2.05) is 6.92 Å². The van der Waals surface area contributed by atoms with Crippen LogP contribution in [0.5, 0.6) is 0 Å². The lowest BCUT2D eigenvalue weighted by atomic mass is 10.1. The molecule has 1 unspecified atom stereocenters. The number of hydrogen-bond acceptors (Lipinski definition) is 3. The molecule has 1 aromatic heterocycles. The van der Waals surface area contributed by atoms with Crippen LogP contribution in [0, 0.1) is 5.82 Å². The topological polar surface area (TPSA) is 52.0 Å². The first kappa shape index (κ1) is 9.15. The lowest BCUT2D eigenvalue weighted by Crippen LogP contribution is -2.18. The summed E-state index contributed by atoms with van der Waals surface area (Å²) in [6, 6.07) is 4.33. The van der Waals surface area contributed by atoms with Gasteiger partial charge < -0.3 is 10.3 Å². The average Bonchev–Trinajstić information content (AvgIpc) is 2.47. The van der Waals surface area contributed by atoms with E-state index in [1.54, 1.807) is 6.07 Å². The van der Waals surface area contributed by atoms with E-state index in [9.17, 15) is 4.39 Å². The molecule has 1 atom stereocenters. The van der Waals surface area contributed by atoms with Crippen LogP contribution in [0.2, 0.25) is 0 Å². The predicted molar refractivity (Wildman–Crippen MR) is 51.3 cm³/mol. The molecular formula is C10H11FN2O. The fourth-order valence-electron chi connectivity index (χ4n) is 1.41. The van der Waals surface area contributed by atoms with Crippen LogP contribution in [0.3, 0.4) is 0 Å². The summed E-state index contributed by atoms with van der Waals surface area (Å²) in [5, 5.41) is 4.57. The average molecular weight is 194 g/mol. The minimum atomic E-state index is -0.286. The molecule has 2 aromatic rings. The first-order valence-corrected chi connectivity index (χ1v) is 4.46. The number of aromatic nitrogens is 1. The van der Waals surface area contributed by atoms with Gasteiger partial charge in [-0.3, -0.25) is 0 Å². The van der Waals surface area contributed by atoms with Crippen LogP contribution in [-0.2, 0) is 6.42 Å². The van der Waals surface area contributed by atoms with E-state index in [2.05, 4.69) is 5.16 Å². The zero-order valence-corrected chi connectivity index (χ0v) is 7.83. The van der Waals surface area contributed by atoms with E-state index in [0.717, 1.165) is 5.69 Å². The van der Waals surface area contributed by atoms with Gasteiger partial charge in [0.1, 0.15) is 5.82 Å². The van der Waals surface area contributed by atoms with Crippen molar-refractivity contribution in [1.82, 2.24) is 5.16 Å². The Bertz CT molecular complexity index is 450. The molecule has 74 valence electrons. The zero-order valence-electron chi connectivity index (χ0n) is 7.83. The molecule has 1 aromatic carbocycles. The van der Waals surface area contributed by atoms with Crippen molar-refractivity contribution in [3.63, 3.8) is 0 Å². The van der Waals surface area contributed by atoms with E-state index < -0.39 is 0 Å². The van der Waals surface area contributed by atoms with E-state index >= 15 is 0 Å². The Morgan fingerprint density at radius 2 is 2.36 bits per heavy atom. The molecule has 2 rings (SSSR count). The molecule has 0 saturated carbocycles. The third-order valence-corrected chi connectivity index (χ3v) is 2.02. The Labute approximate surface area is 80.7 Å². The number of nitrogens with zero attached hydrogens (tertiary/aromatic N) is 1. The van der Waals surface area contributed by atoms with Crippen molar-refractivity contribution >= 4 is 11.0 Å². The second-order valence-corrected chi connectivity index (χ2v) is 3.45. The molecule has 3 nitrogen and oxygen atoms in total. The molecule has 0 aliphatic rings. The van der Waals surface area contributed by atoms with E-state index in [4.69, 9.17) is 10.3 Å². The normalized spacial score (nSPS) is 13.4. The third kappa shape index (κ3) is 1.61. The number of rotatable bonds is 2. The molecule has 2 N–H and O–H groups in total. The number of benzene rings is 1. The first-order chi connectivity index (χ1) is 6.66. The number of hydrogen-bond donors (Lipinski definition) is 1. The summed E-state index contributed by atoms with van der Waals surface area (Å²) in [4.78, 5) is 0. The molecule has 14 heavy (non-hydrogen) atoms. The van der Waals surface area contributed by atoms with Gasteiger partial charge in [0.15, 0.2) is 5.58 Å². The van der Waals surface area contributed by atoms with Gasteiger partial charge in [0.05, 0.1) is 5.69 Å². The fraction of sp³-hybridized carbons (Fsp3) is 0.300. The van der Waals surface area contributed by atoms with Crippen molar-refractivity contribution in [2.45, 2.75) is 19.4 Å². The number of fused-ring (bicyclic) bond motifs is 1. The van der Waals surface area contributed by atoms with Gasteiger partial charge in [-0.15, -0.1) is 0 Å². The minimum absolute atomic E-state index is 0.00781. The summed E-state index contributed by atoms with van der Waals surface area (Å²) in [5.74, 6) is -0.286. The second kappa shape index (κ2) is 3.38. The summed E-state index contributed by atoms with van der Waals surface area (Å²) in [6.07, 6.45) is 0.594. The molecule has 0 aliphatic carbocycles. The molecule has 0 aliphatic heterocycles. The molecule has 0 spiro atoms. The maximum absolute atomic E-state index is 12.9. The summed E-state index contributed by atoms with van der Waals surface area (Å²) >= 11 is 0. The standard InChI is InChI=1S/C10H11FN2O/c1-6(12)4-9-8-5-7(11)2-3-10(8)14-13-9/h2-3,5-6H,4,12H2,1H3. The first-order valence-electron chi connectivity index (χ1n) is 4.46. The Kier molecular flexibility index (Phi) is 2.21. The van der Waals surface area contributed by atoms with E-state index in [-0.39, 0.29) is 11.9 Å². The Morgan fingerprint density at radius 3 is 3.07 bits per heavy atom. The number of halogens is 1. The Hall–Kier alpha value is -1.42. The largest absolute Gasteiger partial charge is 0.356 e. The van der Waals surface area contributed by atoms with Crippen LogP contribution in [0.1, 0.15) is 12.6 Å². The quantitative estimate of drug-likeness (QED) is 0.793. The van der Waals surface area contributed by atoms with E-state index in [1.165, 1.54) is 12.1 Å². The lowest BCUT2D eigenvalue weighted by molar-refractivity contribution is 0.443. The van der Waals surface area contributed by atoms with E-state index in [0.29, 0.717) is 17.4 Å². The van der Waals surface area contributed by atoms with Gasteiger partial charge >= 0.3 is 0 Å². The van der Waals surface area contributed by atoms with Crippen molar-refractivity contribution in [3.05, 3.63) is 29.7 Å². The highest BCUT2D eigenvalue weighted by atomic mass is 19.1. The molecular weight excluding hydrogens is 183 g/mol. The summed E-state index contributed by atoms with van der Waals surface area (Å²) in [5.41, 5.74) is 6.95. The van der Waals surface area contributed by atoms with Crippen molar-refractivity contribution in [2.75, 3.05) is 0 Å². The van der Waals surface area contributed by atoms with Crippen LogP contribution >= 0.6 is 0 Å². The van der Waals surface area contributed by atoms with Crippen molar-refractivity contribution in [1.29, 1.82) is 0 Å². The van der Waals surface area contributed by atoms with Gasteiger partial charge in [-0.25, -0.2) is 4.39 Å². The Balaban J connectivity index is 2.50. The molecule has 0 radical (unpaired) electrons. The van der Waals surface area contributed by atoms with Crippen molar-refractivity contribution in [2.24, 2.45) is 5.73 Å². The molecule has 1 heterocycles. The fourth-order valence-corrected chi connectivity index (χ4v) is 1.41. The highest BCUT2D eigenvalue weighted by Gasteiger charge is 2.10. The van der Waals surface area contributed by atoms with Gasteiger partial charge in [0.2, 0.25) is 0 Å².